The van der Waals surface area contributed by atoms with Gasteiger partial charge in [0, 0.05) is 41.6 Å². The van der Waals surface area contributed by atoms with Gasteiger partial charge in [0.05, 0.1) is 19.6 Å². The second-order valence-electron chi connectivity index (χ2n) is 7.38. The minimum absolute atomic E-state index is 0.182. The Kier molecular flexibility index (Phi) is 7.48. The largest absolute Gasteiger partial charge is 0.338 e. The van der Waals surface area contributed by atoms with Gasteiger partial charge < -0.3 is 9.84 Å². The van der Waals surface area contributed by atoms with Crippen LogP contribution in [0.2, 0.25) is 5.02 Å². The number of carbonyl (C=O) groups is 2. The summed E-state index contributed by atoms with van der Waals surface area (Å²) in [5, 5.41) is 11.7. The van der Waals surface area contributed by atoms with Crippen molar-refractivity contribution < 1.29 is 14.1 Å². The van der Waals surface area contributed by atoms with E-state index in [-0.39, 0.29) is 12.5 Å². The van der Waals surface area contributed by atoms with Crippen molar-refractivity contribution >= 4 is 34.9 Å². The van der Waals surface area contributed by atoms with E-state index in [2.05, 4.69) is 25.7 Å². The normalized spacial score (nSPS) is 14.9. The van der Waals surface area contributed by atoms with E-state index in [4.69, 9.17) is 16.1 Å². The van der Waals surface area contributed by atoms with E-state index in [1.54, 1.807) is 23.5 Å². The van der Waals surface area contributed by atoms with Gasteiger partial charge in [-0.1, -0.05) is 22.8 Å². The number of amides is 3. The van der Waals surface area contributed by atoms with Crippen LogP contribution < -0.4 is 10.6 Å². The summed E-state index contributed by atoms with van der Waals surface area (Å²) in [7, 11) is 0. The second-order valence-corrected chi connectivity index (χ2v) is 8.85. The number of nitrogens with zero attached hydrogens (tertiary/aromatic N) is 4. The Balaban J connectivity index is 1.17. The maximum Gasteiger partial charge on any atom is 0.321 e. The quantitative estimate of drug-likeness (QED) is 0.542. The van der Waals surface area contributed by atoms with Crippen molar-refractivity contribution in [3.05, 3.63) is 57.6 Å². The van der Waals surface area contributed by atoms with Crippen LogP contribution in [0.15, 0.2) is 46.3 Å². The lowest BCUT2D eigenvalue weighted by atomic mass is 10.2. The van der Waals surface area contributed by atoms with Gasteiger partial charge in [0.15, 0.2) is 0 Å². The molecule has 0 unspecified atom stereocenters. The molecule has 3 heterocycles. The highest BCUT2D eigenvalue weighted by molar-refractivity contribution is 7.09. The Hall–Kier alpha value is -2.79. The van der Waals surface area contributed by atoms with Crippen LogP contribution in [0.25, 0.3) is 11.4 Å². The van der Waals surface area contributed by atoms with Crippen LogP contribution >= 0.6 is 22.9 Å². The molecule has 1 aliphatic rings. The molecule has 2 aromatic heterocycles. The highest BCUT2D eigenvalue weighted by Gasteiger charge is 2.21. The zero-order valence-corrected chi connectivity index (χ0v) is 18.9. The van der Waals surface area contributed by atoms with E-state index in [0.717, 1.165) is 23.5 Å². The Bertz CT molecular complexity index is 1030. The smallest absolute Gasteiger partial charge is 0.321 e. The number of benzene rings is 1. The lowest BCUT2D eigenvalue weighted by Gasteiger charge is -2.33. The molecule has 0 aliphatic carbocycles. The minimum Gasteiger partial charge on any atom is -0.338 e. The summed E-state index contributed by atoms with van der Waals surface area (Å²) in [5.74, 6) is 0.763. The first-order valence-corrected chi connectivity index (χ1v) is 11.4. The van der Waals surface area contributed by atoms with E-state index in [1.807, 2.05) is 34.5 Å². The number of hydrogen-bond donors (Lipinski definition) is 2. The van der Waals surface area contributed by atoms with Crippen molar-refractivity contribution in [3.63, 3.8) is 0 Å². The van der Waals surface area contributed by atoms with Crippen molar-refractivity contribution in [2.75, 3.05) is 32.7 Å². The van der Waals surface area contributed by atoms with Crippen LogP contribution in [0, 0.1) is 0 Å². The van der Waals surface area contributed by atoms with Crippen LogP contribution in [-0.4, -0.2) is 64.6 Å². The van der Waals surface area contributed by atoms with Crippen molar-refractivity contribution in [3.8, 4) is 11.4 Å². The van der Waals surface area contributed by atoms with E-state index >= 15 is 0 Å². The predicted molar refractivity (Wildman–Crippen MR) is 121 cm³/mol. The lowest BCUT2D eigenvalue weighted by Crippen LogP contribution is -2.50. The summed E-state index contributed by atoms with van der Waals surface area (Å²) < 4.78 is 5.38. The molecule has 1 fully saturated rings. The standard InChI is InChI=1S/C21H23ClN6O3S/c22-16-5-3-15(4-6-16)20-25-19(31-26-20)14-28-9-7-27(8-10-28)13-18(29)24-21(30)23-12-17-2-1-11-32-17/h1-6,11H,7-10,12-14H2,(H2,23,24,29,30). The number of piperazine rings is 1. The molecule has 9 nitrogen and oxygen atoms in total. The van der Waals surface area contributed by atoms with Crippen molar-refractivity contribution in [1.82, 2.24) is 30.6 Å². The average molecular weight is 475 g/mol. The molecule has 11 heteroatoms. The third-order valence-corrected chi connectivity index (χ3v) is 6.15. The molecule has 0 bridgehead atoms. The fourth-order valence-electron chi connectivity index (χ4n) is 3.33. The Labute approximate surface area is 194 Å². The van der Waals surface area contributed by atoms with Crippen LogP contribution in [0.3, 0.4) is 0 Å². The zero-order valence-electron chi connectivity index (χ0n) is 17.3. The minimum atomic E-state index is -0.477. The molecule has 1 aromatic carbocycles. The number of hydrogen-bond acceptors (Lipinski definition) is 8. The fourth-order valence-corrected chi connectivity index (χ4v) is 4.10. The van der Waals surface area contributed by atoms with Gasteiger partial charge in [-0.2, -0.15) is 4.98 Å². The molecule has 4 rings (SSSR count). The fraction of sp³-hybridized carbons (Fsp3) is 0.333. The first-order chi connectivity index (χ1) is 15.5. The predicted octanol–water partition coefficient (Wildman–Crippen LogP) is 2.60. The van der Waals surface area contributed by atoms with Crippen LogP contribution in [0.1, 0.15) is 10.8 Å². The number of urea groups is 1. The molecule has 3 aromatic rings. The molecular weight excluding hydrogens is 452 g/mol. The van der Waals surface area contributed by atoms with E-state index in [0.29, 0.717) is 42.9 Å². The highest BCUT2D eigenvalue weighted by atomic mass is 35.5. The van der Waals surface area contributed by atoms with E-state index in [1.165, 1.54) is 0 Å². The number of nitrogens with one attached hydrogen (secondary N) is 2. The maximum atomic E-state index is 12.1. The van der Waals surface area contributed by atoms with Gasteiger partial charge in [-0.3, -0.25) is 19.9 Å². The number of thiophene rings is 1. The molecule has 0 atom stereocenters. The van der Waals surface area contributed by atoms with E-state index in [9.17, 15) is 9.59 Å². The number of rotatable bonds is 7. The third kappa shape index (κ3) is 6.36. The number of carbonyl (C=O) groups excluding carboxylic acids is 2. The van der Waals surface area contributed by atoms with Crippen LogP contribution in [0.4, 0.5) is 4.79 Å². The Morgan fingerprint density at radius 2 is 1.84 bits per heavy atom. The zero-order chi connectivity index (χ0) is 22.3. The number of imide groups is 1. The summed E-state index contributed by atoms with van der Waals surface area (Å²) in [6.45, 7) is 4.08. The average Bonchev–Trinajstić information content (AvgIpc) is 3.46. The third-order valence-electron chi connectivity index (χ3n) is 5.02. The molecule has 0 saturated carbocycles. The Morgan fingerprint density at radius 1 is 1.09 bits per heavy atom. The van der Waals surface area contributed by atoms with Crippen LogP contribution in [-0.2, 0) is 17.9 Å². The molecule has 3 amide bonds. The molecule has 32 heavy (non-hydrogen) atoms. The topological polar surface area (TPSA) is 104 Å². The van der Waals surface area contributed by atoms with Gasteiger partial charge in [0.2, 0.25) is 17.6 Å². The molecule has 0 radical (unpaired) electrons. The maximum absolute atomic E-state index is 12.1. The van der Waals surface area contributed by atoms with Gasteiger partial charge in [0.25, 0.3) is 0 Å². The van der Waals surface area contributed by atoms with Crippen LogP contribution in [0.5, 0.6) is 0 Å². The van der Waals surface area contributed by atoms with Crippen molar-refractivity contribution in [2.45, 2.75) is 13.1 Å². The molecule has 2 N–H and O–H groups in total. The van der Waals surface area contributed by atoms with Gasteiger partial charge in [-0.25, -0.2) is 4.79 Å². The molecule has 1 aliphatic heterocycles. The summed E-state index contributed by atoms with van der Waals surface area (Å²) in [4.78, 5) is 33.7. The summed E-state index contributed by atoms with van der Waals surface area (Å²) in [6, 6.07) is 10.6. The van der Waals surface area contributed by atoms with Gasteiger partial charge in [-0.05, 0) is 35.7 Å². The first-order valence-electron chi connectivity index (χ1n) is 10.2. The molecular formula is C21H23ClN6O3S. The number of aromatic nitrogens is 2. The summed E-state index contributed by atoms with van der Waals surface area (Å²) in [5.41, 5.74) is 0.847. The second kappa shape index (κ2) is 10.7. The first kappa shape index (κ1) is 22.4. The molecule has 168 valence electrons. The van der Waals surface area contributed by atoms with Crippen molar-refractivity contribution in [2.24, 2.45) is 0 Å². The number of halogens is 1. The monoisotopic (exact) mass is 474 g/mol. The van der Waals surface area contributed by atoms with Crippen molar-refractivity contribution in [1.29, 1.82) is 0 Å². The molecule has 1 saturated heterocycles. The Morgan fingerprint density at radius 3 is 2.56 bits per heavy atom. The van der Waals surface area contributed by atoms with Gasteiger partial charge in [0.1, 0.15) is 0 Å². The highest BCUT2D eigenvalue weighted by Crippen LogP contribution is 2.19. The molecule has 0 spiro atoms. The summed E-state index contributed by atoms with van der Waals surface area (Å²) in [6.07, 6.45) is 0. The lowest BCUT2D eigenvalue weighted by molar-refractivity contribution is -0.121. The SMILES string of the molecule is O=C(CN1CCN(Cc2nc(-c3ccc(Cl)cc3)no2)CC1)NC(=O)NCc1cccs1. The van der Waals surface area contributed by atoms with Gasteiger partial charge in [-0.15, -0.1) is 11.3 Å². The van der Waals surface area contributed by atoms with Gasteiger partial charge >= 0.3 is 6.03 Å². The van der Waals surface area contributed by atoms with E-state index < -0.39 is 6.03 Å². The summed E-state index contributed by atoms with van der Waals surface area (Å²) >= 11 is 7.47.